The Morgan fingerprint density at radius 3 is 1.55 bits per heavy atom. The average molecular weight is 614 g/mol. The first-order valence-electron chi connectivity index (χ1n) is 19.6. The lowest BCUT2D eigenvalue weighted by atomic mass is 10.1. The number of rotatable bonds is 33. The SMILES string of the molecule is CCCCCCCC/C=C\CCCCCCCC(=O)NCCN1CCN=C1CCCCCCC/C=C/CCCCCCCC. The topological polar surface area (TPSA) is 44.7 Å². The van der Waals surface area contributed by atoms with E-state index in [0.717, 1.165) is 39.0 Å². The molecule has 0 saturated heterocycles. The lowest BCUT2D eigenvalue weighted by Crippen LogP contribution is -2.36. The Labute approximate surface area is 275 Å². The molecule has 1 rings (SSSR count). The summed E-state index contributed by atoms with van der Waals surface area (Å²) in [6.07, 6.45) is 45.6. The van der Waals surface area contributed by atoms with Crippen molar-refractivity contribution < 1.29 is 4.79 Å². The van der Waals surface area contributed by atoms with Gasteiger partial charge in [-0.05, 0) is 64.2 Å². The lowest BCUT2D eigenvalue weighted by molar-refractivity contribution is -0.121. The molecular formula is C40H75N3O. The van der Waals surface area contributed by atoms with Crippen LogP contribution in [0.25, 0.3) is 0 Å². The van der Waals surface area contributed by atoms with Crippen LogP contribution >= 0.6 is 0 Å². The highest BCUT2D eigenvalue weighted by Gasteiger charge is 2.16. The van der Waals surface area contributed by atoms with Gasteiger partial charge in [0.05, 0.1) is 12.4 Å². The third-order valence-corrected chi connectivity index (χ3v) is 9.06. The van der Waals surface area contributed by atoms with Gasteiger partial charge < -0.3 is 10.2 Å². The van der Waals surface area contributed by atoms with Gasteiger partial charge in [0, 0.05) is 32.5 Å². The summed E-state index contributed by atoms with van der Waals surface area (Å²) in [5.74, 6) is 1.49. The van der Waals surface area contributed by atoms with Crippen LogP contribution in [0, 0.1) is 0 Å². The Balaban J connectivity index is 1.88. The summed E-state index contributed by atoms with van der Waals surface area (Å²) in [6, 6.07) is 0. The molecule has 4 heteroatoms. The first kappa shape index (κ1) is 40.4. The quantitative estimate of drug-likeness (QED) is 0.0591. The molecule has 0 bridgehead atoms. The molecule has 0 aromatic rings. The molecule has 1 amide bonds. The van der Waals surface area contributed by atoms with Gasteiger partial charge in [0.2, 0.25) is 5.91 Å². The number of unbranched alkanes of at least 4 members (excludes halogenated alkanes) is 22. The van der Waals surface area contributed by atoms with Crippen LogP contribution in [0.2, 0.25) is 0 Å². The fraction of sp³-hybridized carbons (Fsp3) is 0.850. The van der Waals surface area contributed by atoms with Crippen LogP contribution in [0.4, 0.5) is 0 Å². The van der Waals surface area contributed by atoms with Gasteiger partial charge >= 0.3 is 0 Å². The first-order chi connectivity index (χ1) is 21.8. The lowest BCUT2D eigenvalue weighted by Gasteiger charge is -2.20. The third kappa shape index (κ3) is 26.8. The van der Waals surface area contributed by atoms with Gasteiger partial charge in [-0.15, -0.1) is 0 Å². The molecule has 0 saturated carbocycles. The Morgan fingerprint density at radius 1 is 0.614 bits per heavy atom. The highest BCUT2D eigenvalue weighted by Crippen LogP contribution is 2.14. The minimum Gasteiger partial charge on any atom is -0.357 e. The molecule has 1 aliphatic heterocycles. The number of hydrogen-bond donors (Lipinski definition) is 1. The summed E-state index contributed by atoms with van der Waals surface area (Å²) >= 11 is 0. The largest absolute Gasteiger partial charge is 0.357 e. The number of carbonyl (C=O) groups is 1. The van der Waals surface area contributed by atoms with Gasteiger partial charge in [-0.25, -0.2) is 0 Å². The molecule has 1 N–H and O–H groups in total. The smallest absolute Gasteiger partial charge is 0.220 e. The van der Waals surface area contributed by atoms with E-state index in [1.165, 1.54) is 166 Å². The molecule has 256 valence electrons. The second kappa shape index (κ2) is 32.8. The Morgan fingerprint density at radius 2 is 1.05 bits per heavy atom. The first-order valence-corrected chi connectivity index (χ1v) is 19.6. The van der Waals surface area contributed by atoms with Gasteiger partial charge in [-0.2, -0.15) is 0 Å². The van der Waals surface area contributed by atoms with Gasteiger partial charge in [0.15, 0.2) is 0 Å². The molecule has 1 heterocycles. The van der Waals surface area contributed by atoms with Crippen molar-refractivity contribution in [1.29, 1.82) is 0 Å². The summed E-state index contributed by atoms with van der Waals surface area (Å²) < 4.78 is 0. The minimum absolute atomic E-state index is 0.220. The van der Waals surface area contributed by atoms with Gasteiger partial charge in [0.1, 0.15) is 0 Å². The van der Waals surface area contributed by atoms with E-state index in [2.05, 4.69) is 48.4 Å². The number of nitrogens with zero attached hydrogens (tertiary/aromatic N) is 2. The molecule has 0 aromatic carbocycles. The second-order valence-corrected chi connectivity index (χ2v) is 13.3. The van der Waals surface area contributed by atoms with Crippen LogP contribution in [0.15, 0.2) is 29.3 Å². The third-order valence-electron chi connectivity index (χ3n) is 9.06. The van der Waals surface area contributed by atoms with Crippen LogP contribution in [0.3, 0.4) is 0 Å². The number of aliphatic imine (C=N–C) groups is 1. The van der Waals surface area contributed by atoms with Crippen molar-refractivity contribution in [3.8, 4) is 0 Å². The zero-order chi connectivity index (χ0) is 31.6. The summed E-state index contributed by atoms with van der Waals surface area (Å²) in [5.41, 5.74) is 0. The van der Waals surface area contributed by atoms with Crippen LogP contribution in [-0.2, 0) is 4.79 Å². The van der Waals surface area contributed by atoms with E-state index in [4.69, 9.17) is 4.99 Å². The molecule has 1 aliphatic rings. The standard InChI is InChI=1S/C40H75N3O/c1-3-5-7-9-11-13-15-17-19-21-23-25-27-29-31-33-39-41-35-37-43(39)38-36-42-40(44)34-32-30-28-26-24-22-20-18-16-14-12-10-8-6-4-2/h17-20H,3-16,21-38H2,1-2H3,(H,42,44)/b19-17+,20-18-. The molecule has 0 aromatic heterocycles. The maximum absolute atomic E-state index is 12.3. The fourth-order valence-electron chi connectivity index (χ4n) is 6.14. The summed E-state index contributed by atoms with van der Waals surface area (Å²) in [4.78, 5) is 19.4. The Hall–Kier alpha value is -1.58. The molecule has 0 unspecified atom stereocenters. The van der Waals surface area contributed by atoms with Crippen molar-refractivity contribution in [2.24, 2.45) is 4.99 Å². The Kier molecular flexibility index (Phi) is 30.2. The molecule has 0 atom stereocenters. The highest BCUT2D eigenvalue weighted by atomic mass is 16.1. The molecule has 0 aliphatic carbocycles. The highest BCUT2D eigenvalue weighted by molar-refractivity contribution is 5.83. The van der Waals surface area contributed by atoms with Crippen molar-refractivity contribution in [2.45, 2.75) is 194 Å². The number of hydrogen-bond acceptors (Lipinski definition) is 3. The van der Waals surface area contributed by atoms with Gasteiger partial charge in [-0.1, -0.05) is 141 Å². The van der Waals surface area contributed by atoms with Crippen LogP contribution in [0.5, 0.6) is 0 Å². The Bertz CT molecular complexity index is 713. The number of allylic oxidation sites excluding steroid dienone is 4. The van der Waals surface area contributed by atoms with E-state index in [9.17, 15) is 4.79 Å². The number of nitrogens with one attached hydrogen (secondary N) is 1. The fourth-order valence-corrected chi connectivity index (χ4v) is 6.14. The number of amides is 1. The predicted molar refractivity (Wildman–Crippen MR) is 196 cm³/mol. The summed E-state index contributed by atoms with van der Waals surface area (Å²) in [5, 5.41) is 3.15. The maximum Gasteiger partial charge on any atom is 0.220 e. The van der Waals surface area contributed by atoms with E-state index < -0.39 is 0 Å². The molecular weight excluding hydrogens is 538 g/mol. The summed E-state index contributed by atoms with van der Waals surface area (Å²) in [7, 11) is 0. The van der Waals surface area contributed by atoms with E-state index in [-0.39, 0.29) is 5.91 Å². The van der Waals surface area contributed by atoms with Gasteiger partial charge in [0.25, 0.3) is 0 Å². The predicted octanol–water partition coefficient (Wildman–Crippen LogP) is 11.9. The number of carbonyl (C=O) groups excluding carboxylic acids is 1. The molecule has 44 heavy (non-hydrogen) atoms. The van der Waals surface area contributed by atoms with Crippen LogP contribution < -0.4 is 5.32 Å². The van der Waals surface area contributed by atoms with E-state index in [0.29, 0.717) is 6.42 Å². The minimum atomic E-state index is 0.220. The van der Waals surface area contributed by atoms with Crippen molar-refractivity contribution in [3.63, 3.8) is 0 Å². The van der Waals surface area contributed by atoms with Crippen molar-refractivity contribution >= 4 is 11.7 Å². The van der Waals surface area contributed by atoms with Crippen LogP contribution in [0.1, 0.15) is 194 Å². The van der Waals surface area contributed by atoms with E-state index in [1.807, 2.05) is 0 Å². The van der Waals surface area contributed by atoms with Gasteiger partial charge in [-0.3, -0.25) is 9.79 Å². The zero-order valence-electron chi connectivity index (χ0n) is 29.7. The maximum atomic E-state index is 12.3. The monoisotopic (exact) mass is 614 g/mol. The molecule has 0 radical (unpaired) electrons. The van der Waals surface area contributed by atoms with E-state index in [1.54, 1.807) is 0 Å². The van der Waals surface area contributed by atoms with Crippen molar-refractivity contribution in [1.82, 2.24) is 10.2 Å². The summed E-state index contributed by atoms with van der Waals surface area (Å²) in [6.45, 7) is 8.15. The second-order valence-electron chi connectivity index (χ2n) is 13.3. The van der Waals surface area contributed by atoms with Crippen LogP contribution in [-0.4, -0.2) is 42.8 Å². The average Bonchev–Trinajstić information content (AvgIpc) is 3.48. The van der Waals surface area contributed by atoms with Crippen molar-refractivity contribution in [3.05, 3.63) is 24.3 Å². The number of amidine groups is 1. The van der Waals surface area contributed by atoms with E-state index >= 15 is 0 Å². The van der Waals surface area contributed by atoms with Crippen molar-refractivity contribution in [2.75, 3.05) is 26.2 Å². The zero-order valence-corrected chi connectivity index (χ0v) is 29.7. The normalized spacial score (nSPS) is 13.5. The molecule has 4 nitrogen and oxygen atoms in total. The molecule has 0 fully saturated rings. The molecule has 0 spiro atoms.